The van der Waals surface area contributed by atoms with Crippen LogP contribution in [-0.4, -0.2) is 40.6 Å². The third-order valence-corrected chi connectivity index (χ3v) is 4.90. The molecule has 3 rings (SSSR count). The molecule has 32 heavy (non-hydrogen) atoms. The summed E-state index contributed by atoms with van der Waals surface area (Å²) in [6, 6.07) is 11.1. The van der Waals surface area contributed by atoms with E-state index < -0.39 is 16.5 Å². The molecule has 0 bridgehead atoms. The molecule has 166 valence electrons. The highest BCUT2D eigenvalue weighted by atomic mass is 16.6. The van der Waals surface area contributed by atoms with Crippen LogP contribution in [0.25, 0.3) is 5.69 Å². The first-order chi connectivity index (χ1) is 15.2. The number of carbonyl (C=O) groups is 1. The molecule has 0 saturated heterocycles. The summed E-state index contributed by atoms with van der Waals surface area (Å²) in [5, 5.41) is 14.1. The fourth-order valence-electron chi connectivity index (χ4n) is 3.18. The number of aromatic nitrogens is 2. The van der Waals surface area contributed by atoms with Gasteiger partial charge in [-0.15, -0.1) is 0 Å². The Balaban J connectivity index is 2.15. The van der Waals surface area contributed by atoms with E-state index in [2.05, 4.69) is 10.1 Å². The topological polar surface area (TPSA) is 129 Å². The smallest absolute Gasteiger partial charge is 0.311 e. The highest BCUT2D eigenvalue weighted by Gasteiger charge is 2.21. The average molecular weight is 438 g/mol. The van der Waals surface area contributed by atoms with Gasteiger partial charge < -0.3 is 9.47 Å². The molecule has 0 fully saturated rings. The number of aryl methyl sites for hydroxylation is 1. The van der Waals surface area contributed by atoms with Crippen molar-refractivity contribution in [2.45, 2.75) is 20.3 Å². The summed E-state index contributed by atoms with van der Waals surface area (Å²) in [6.07, 6.45) is -0.176. The number of nitrogens with zero attached hydrogens (tertiary/aromatic N) is 3. The van der Waals surface area contributed by atoms with Gasteiger partial charge in [0, 0.05) is 12.1 Å². The Kier molecular flexibility index (Phi) is 6.53. The van der Waals surface area contributed by atoms with Crippen LogP contribution in [0.4, 0.5) is 11.4 Å². The number of nitro groups is 1. The Morgan fingerprint density at radius 2 is 1.88 bits per heavy atom. The van der Waals surface area contributed by atoms with E-state index in [9.17, 15) is 19.7 Å². The number of ether oxygens (including phenoxy) is 2. The fraction of sp³-hybridized carbons (Fsp3) is 0.227. The molecular weight excluding hydrogens is 416 g/mol. The SMILES string of the molecule is COC(=O)Cc1[nH]n(-c2ccc(OC)cc2)c(=O)c1C(C)=Nc1cc([N+](=O)[O-])ccc1C. The van der Waals surface area contributed by atoms with Crippen molar-refractivity contribution < 1.29 is 19.2 Å². The Bertz CT molecular complexity index is 1250. The van der Waals surface area contributed by atoms with Crippen LogP contribution in [-0.2, 0) is 16.0 Å². The second-order valence-electron chi connectivity index (χ2n) is 6.98. The van der Waals surface area contributed by atoms with Gasteiger partial charge in [0.2, 0.25) is 0 Å². The third-order valence-electron chi connectivity index (χ3n) is 4.90. The first-order valence-electron chi connectivity index (χ1n) is 9.61. The van der Waals surface area contributed by atoms with Crippen molar-refractivity contribution in [1.29, 1.82) is 0 Å². The van der Waals surface area contributed by atoms with Crippen LogP contribution in [0.15, 0.2) is 52.3 Å². The lowest BCUT2D eigenvalue weighted by Gasteiger charge is -2.04. The van der Waals surface area contributed by atoms with Gasteiger partial charge in [0.1, 0.15) is 5.75 Å². The van der Waals surface area contributed by atoms with Crippen LogP contribution in [0.2, 0.25) is 0 Å². The van der Waals surface area contributed by atoms with E-state index in [-0.39, 0.29) is 17.7 Å². The van der Waals surface area contributed by atoms with Crippen molar-refractivity contribution in [2.24, 2.45) is 4.99 Å². The Hall–Kier alpha value is -4.21. The predicted octanol–water partition coefficient (Wildman–Crippen LogP) is 3.25. The predicted molar refractivity (Wildman–Crippen MR) is 118 cm³/mol. The molecule has 0 radical (unpaired) electrons. The minimum atomic E-state index is -0.534. The zero-order chi connectivity index (χ0) is 23.4. The van der Waals surface area contributed by atoms with Crippen LogP contribution in [0.1, 0.15) is 23.7 Å². The highest BCUT2D eigenvalue weighted by molar-refractivity contribution is 6.02. The molecule has 0 aliphatic heterocycles. The molecule has 0 atom stereocenters. The number of carbonyl (C=O) groups excluding carboxylic acids is 1. The number of benzene rings is 2. The molecule has 10 heteroatoms. The number of methoxy groups -OCH3 is 2. The molecule has 1 heterocycles. The second-order valence-corrected chi connectivity index (χ2v) is 6.98. The monoisotopic (exact) mass is 438 g/mol. The summed E-state index contributed by atoms with van der Waals surface area (Å²) < 4.78 is 11.2. The summed E-state index contributed by atoms with van der Waals surface area (Å²) >= 11 is 0. The Morgan fingerprint density at radius 1 is 1.19 bits per heavy atom. The van der Waals surface area contributed by atoms with E-state index in [4.69, 9.17) is 9.47 Å². The van der Waals surface area contributed by atoms with Gasteiger partial charge in [-0.3, -0.25) is 29.8 Å². The van der Waals surface area contributed by atoms with Gasteiger partial charge in [0.25, 0.3) is 11.2 Å². The number of rotatable bonds is 7. The average Bonchev–Trinajstić information content (AvgIpc) is 3.10. The number of aliphatic imine (C=N–C) groups is 1. The summed E-state index contributed by atoms with van der Waals surface area (Å²) in [5.74, 6) is 0.0935. The summed E-state index contributed by atoms with van der Waals surface area (Å²) in [7, 11) is 2.80. The van der Waals surface area contributed by atoms with Gasteiger partial charge in [-0.05, 0) is 43.7 Å². The van der Waals surface area contributed by atoms with Crippen molar-refractivity contribution in [3.8, 4) is 11.4 Å². The second kappa shape index (κ2) is 9.29. The molecule has 0 aliphatic rings. The minimum absolute atomic E-state index is 0.110. The van der Waals surface area contributed by atoms with Crippen LogP contribution in [0, 0.1) is 17.0 Å². The van der Waals surface area contributed by atoms with E-state index >= 15 is 0 Å². The van der Waals surface area contributed by atoms with Gasteiger partial charge >= 0.3 is 5.97 Å². The van der Waals surface area contributed by atoms with Gasteiger partial charge in [-0.2, -0.15) is 0 Å². The van der Waals surface area contributed by atoms with E-state index in [1.165, 1.54) is 31.0 Å². The molecule has 0 amide bonds. The summed E-state index contributed by atoms with van der Waals surface area (Å²) in [5.41, 5.74) is 1.89. The molecule has 0 unspecified atom stereocenters. The quantitative estimate of drug-likeness (QED) is 0.261. The fourth-order valence-corrected chi connectivity index (χ4v) is 3.18. The zero-order valence-electron chi connectivity index (χ0n) is 18.0. The van der Waals surface area contributed by atoms with Gasteiger partial charge in [-0.25, -0.2) is 4.68 Å². The lowest BCUT2D eigenvalue weighted by atomic mass is 10.1. The van der Waals surface area contributed by atoms with Gasteiger partial charge in [-0.1, -0.05) is 6.07 Å². The third kappa shape index (κ3) is 4.59. The number of aromatic amines is 1. The van der Waals surface area contributed by atoms with Gasteiger partial charge in [0.05, 0.1) is 53.9 Å². The summed E-state index contributed by atoms with van der Waals surface area (Å²) in [6.45, 7) is 3.37. The van der Waals surface area contributed by atoms with Crippen molar-refractivity contribution in [1.82, 2.24) is 9.78 Å². The molecule has 10 nitrogen and oxygen atoms in total. The zero-order valence-corrected chi connectivity index (χ0v) is 18.0. The number of nitrogens with one attached hydrogen (secondary N) is 1. The van der Waals surface area contributed by atoms with E-state index in [0.717, 1.165) is 0 Å². The Morgan fingerprint density at radius 3 is 2.47 bits per heavy atom. The van der Waals surface area contributed by atoms with E-state index in [1.54, 1.807) is 44.2 Å². The number of H-pyrrole nitrogens is 1. The molecule has 1 N–H and O–H groups in total. The highest BCUT2D eigenvalue weighted by Crippen LogP contribution is 2.25. The lowest BCUT2D eigenvalue weighted by molar-refractivity contribution is -0.384. The molecular formula is C22H22N4O6. The Labute approximate surface area is 183 Å². The van der Waals surface area contributed by atoms with Crippen molar-refractivity contribution in [2.75, 3.05) is 14.2 Å². The standard InChI is InChI=1S/C22H22N4O6/c1-13-5-6-16(26(29)30)11-18(13)23-14(2)21-19(12-20(27)32-4)24-25(22(21)28)15-7-9-17(31-3)10-8-15/h5-11,24H,12H2,1-4H3. The molecule has 1 aromatic heterocycles. The minimum Gasteiger partial charge on any atom is -0.497 e. The first kappa shape index (κ1) is 22.5. The maximum absolute atomic E-state index is 13.3. The maximum Gasteiger partial charge on any atom is 0.311 e. The lowest BCUT2D eigenvalue weighted by Crippen LogP contribution is -2.20. The van der Waals surface area contributed by atoms with Crippen LogP contribution in [0.3, 0.4) is 0 Å². The molecule has 0 saturated carbocycles. The van der Waals surface area contributed by atoms with Crippen molar-refractivity contribution in [3.63, 3.8) is 0 Å². The van der Waals surface area contributed by atoms with Crippen molar-refractivity contribution in [3.05, 3.63) is 79.8 Å². The first-order valence-corrected chi connectivity index (χ1v) is 9.61. The molecule has 2 aromatic carbocycles. The molecule has 0 aliphatic carbocycles. The van der Waals surface area contributed by atoms with Crippen molar-refractivity contribution >= 4 is 23.1 Å². The normalized spacial score (nSPS) is 11.3. The number of esters is 1. The number of hydrogen-bond donors (Lipinski definition) is 1. The largest absolute Gasteiger partial charge is 0.497 e. The summed E-state index contributed by atoms with van der Waals surface area (Å²) in [4.78, 5) is 40.3. The van der Waals surface area contributed by atoms with Crippen LogP contribution >= 0.6 is 0 Å². The van der Waals surface area contributed by atoms with E-state index in [1.807, 2.05) is 0 Å². The van der Waals surface area contributed by atoms with Crippen LogP contribution < -0.4 is 10.3 Å². The molecule has 0 spiro atoms. The maximum atomic E-state index is 13.3. The number of non-ortho nitro benzene ring substituents is 1. The number of nitro benzene ring substituents is 1. The number of hydrogen-bond acceptors (Lipinski definition) is 7. The molecule has 3 aromatic rings. The van der Waals surface area contributed by atoms with E-state index in [0.29, 0.717) is 34.1 Å². The van der Waals surface area contributed by atoms with Gasteiger partial charge in [0.15, 0.2) is 0 Å². The van der Waals surface area contributed by atoms with Crippen LogP contribution in [0.5, 0.6) is 5.75 Å².